The molecule has 3 aliphatic heterocycles. The lowest BCUT2D eigenvalue weighted by Crippen LogP contribution is -2.57. The van der Waals surface area contributed by atoms with Gasteiger partial charge in [0.05, 0.1) is 24.1 Å². The van der Waals surface area contributed by atoms with E-state index in [0.29, 0.717) is 31.7 Å². The maximum atomic E-state index is 13.4. The number of rotatable bonds is 6. The van der Waals surface area contributed by atoms with Crippen molar-refractivity contribution in [3.63, 3.8) is 0 Å². The standard InChI is InChI=1S/C32H39N5O7/c1-20(38)29-32(43)37-15-4-6-23(37)19-44-26-8-3-2-7-24(26)30(41)34-25(16-27(39)35-29)31(42)33-17-21-10-12-22(13-11-21)18-36-14-5-9-28(36)40/h2-3,7-8,10-13,20,23,25,29,38H,4-6,9,14-19H2,1H3,(H,33,42)(H,34,41)(H,35,39)/t20-,23-,25+,29+/m1/s1. The van der Waals surface area contributed by atoms with Gasteiger partial charge in [-0.1, -0.05) is 36.4 Å². The maximum Gasteiger partial charge on any atom is 0.255 e. The molecular formula is C32H39N5O7. The van der Waals surface area contributed by atoms with Crippen LogP contribution in [0.1, 0.15) is 60.5 Å². The first kappa shape index (κ1) is 31.0. The number of hydrogen-bond donors (Lipinski definition) is 4. The van der Waals surface area contributed by atoms with Crippen LogP contribution in [0.3, 0.4) is 0 Å². The van der Waals surface area contributed by atoms with Crippen molar-refractivity contribution in [1.29, 1.82) is 0 Å². The Morgan fingerprint density at radius 3 is 2.50 bits per heavy atom. The molecule has 0 aromatic heterocycles. The van der Waals surface area contributed by atoms with Crippen LogP contribution in [-0.2, 0) is 32.3 Å². The Morgan fingerprint density at radius 2 is 1.77 bits per heavy atom. The van der Waals surface area contributed by atoms with E-state index in [1.165, 1.54) is 6.92 Å². The van der Waals surface area contributed by atoms with Crippen LogP contribution in [0.25, 0.3) is 0 Å². The average molecular weight is 606 g/mol. The van der Waals surface area contributed by atoms with Crippen LogP contribution < -0.4 is 20.7 Å². The molecule has 2 saturated heterocycles. The second-order valence-corrected chi connectivity index (χ2v) is 11.6. The molecule has 0 aliphatic carbocycles. The number of nitrogens with zero attached hydrogens (tertiary/aromatic N) is 2. The second-order valence-electron chi connectivity index (χ2n) is 11.6. The van der Waals surface area contributed by atoms with E-state index in [0.717, 1.165) is 30.5 Å². The third-order valence-electron chi connectivity index (χ3n) is 8.33. The fraction of sp³-hybridized carbons (Fsp3) is 0.469. The van der Waals surface area contributed by atoms with Crippen LogP contribution in [0.5, 0.6) is 5.75 Å². The number of para-hydroxylation sites is 1. The number of aliphatic hydroxyl groups is 1. The van der Waals surface area contributed by atoms with Gasteiger partial charge in [-0.15, -0.1) is 0 Å². The predicted molar refractivity (Wildman–Crippen MR) is 159 cm³/mol. The summed E-state index contributed by atoms with van der Waals surface area (Å²) < 4.78 is 6.01. The van der Waals surface area contributed by atoms with E-state index in [1.807, 2.05) is 29.2 Å². The zero-order valence-electron chi connectivity index (χ0n) is 24.8. The first-order valence-corrected chi connectivity index (χ1v) is 15.1. The molecule has 12 heteroatoms. The Balaban J connectivity index is 1.31. The SMILES string of the molecule is C[C@@H](O)[C@@H]1NC(=O)C[C@@H](C(=O)NCc2ccc(CN3CCCC3=O)cc2)NC(=O)c2ccccc2OC[C@H]2CCCN2C1=O. The minimum absolute atomic E-state index is 0.132. The fourth-order valence-corrected chi connectivity index (χ4v) is 5.86. The van der Waals surface area contributed by atoms with E-state index < -0.39 is 48.2 Å². The number of likely N-dealkylation sites (tertiary alicyclic amines) is 1. The number of amides is 5. The van der Waals surface area contributed by atoms with Gasteiger partial charge in [0.2, 0.25) is 23.6 Å². The van der Waals surface area contributed by atoms with Gasteiger partial charge >= 0.3 is 0 Å². The molecule has 2 aromatic carbocycles. The summed E-state index contributed by atoms with van der Waals surface area (Å²) in [6.45, 7) is 3.43. The maximum absolute atomic E-state index is 13.4. The lowest BCUT2D eigenvalue weighted by molar-refractivity contribution is -0.140. The topological polar surface area (TPSA) is 157 Å². The molecule has 3 heterocycles. The summed E-state index contributed by atoms with van der Waals surface area (Å²) in [4.78, 5) is 68.7. The minimum Gasteiger partial charge on any atom is -0.491 e. The van der Waals surface area contributed by atoms with Crippen LogP contribution in [0.2, 0.25) is 0 Å². The first-order chi connectivity index (χ1) is 21.2. The van der Waals surface area contributed by atoms with E-state index in [-0.39, 0.29) is 30.7 Å². The van der Waals surface area contributed by atoms with Crippen molar-refractivity contribution in [2.24, 2.45) is 0 Å². The molecule has 0 bridgehead atoms. The summed E-state index contributed by atoms with van der Waals surface area (Å²) in [5.41, 5.74) is 1.98. The molecule has 2 aromatic rings. The van der Waals surface area contributed by atoms with E-state index in [9.17, 15) is 29.1 Å². The largest absolute Gasteiger partial charge is 0.491 e. The first-order valence-electron chi connectivity index (χ1n) is 15.1. The van der Waals surface area contributed by atoms with E-state index in [2.05, 4.69) is 16.0 Å². The van der Waals surface area contributed by atoms with Crippen LogP contribution in [0.4, 0.5) is 0 Å². The van der Waals surface area contributed by atoms with Gasteiger partial charge in [0.1, 0.15) is 24.4 Å². The number of carbonyl (C=O) groups excluding carboxylic acids is 5. The lowest BCUT2D eigenvalue weighted by atomic mass is 10.1. The van der Waals surface area contributed by atoms with E-state index in [1.54, 1.807) is 29.2 Å². The zero-order chi connectivity index (χ0) is 31.2. The molecule has 0 unspecified atom stereocenters. The van der Waals surface area contributed by atoms with Gasteiger partial charge in [0.15, 0.2) is 0 Å². The van der Waals surface area contributed by atoms with E-state index in [4.69, 9.17) is 4.74 Å². The van der Waals surface area contributed by atoms with Crippen molar-refractivity contribution < 1.29 is 33.8 Å². The zero-order valence-corrected chi connectivity index (χ0v) is 24.8. The Bertz CT molecular complexity index is 1400. The monoisotopic (exact) mass is 605 g/mol. The van der Waals surface area contributed by atoms with Crippen molar-refractivity contribution in [2.75, 3.05) is 19.7 Å². The predicted octanol–water partition coefficient (Wildman–Crippen LogP) is 0.863. The molecule has 5 rings (SSSR count). The summed E-state index contributed by atoms with van der Waals surface area (Å²) in [5.74, 6) is -1.82. The van der Waals surface area contributed by atoms with Crippen molar-refractivity contribution in [3.8, 4) is 5.75 Å². The Morgan fingerprint density at radius 1 is 1.02 bits per heavy atom. The highest BCUT2D eigenvalue weighted by Gasteiger charge is 2.37. The second kappa shape index (κ2) is 13.9. The third-order valence-corrected chi connectivity index (χ3v) is 8.33. The van der Waals surface area contributed by atoms with Gasteiger partial charge in [-0.25, -0.2) is 0 Å². The summed E-state index contributed by atoms with van der Waals surface area (Å²) in [7, 11) is 0. The smallest absolute Gasteiger partial charge is 0.255 e. The van der Waals surface area contributed by atoms with Crippen molar-refractivity contribution in [1.82, 2.24) is 25.8 Å². The molecule has 0 radical (unpaired) electrons. The molecule has 44 heavy (non-hydrogen) atoms. The van der Waals surface area contributed by atoms with Crippen LogP contribution in [0, 0.1) is 0 Å². The van der Waals surface area contributed by atoms with Gasteiger partial charge in [-0.05, 0) is 49.4 Å². The van der Waals surface area contributed by atoms with Crippen molar-refractivity contribution in [2.45, 2.75) is 76.3 Å². The summed E-state index contributed by atoms with van der Waals surface area (Å²) in [5, 5.41) is 18.4. The van der Waals surface area contributed by atoms with Gasteiger partial charge in [-0.2, -0.15) is 0 Å². The fourth-order valence-electron chi connectivity index (χ4n) is 5.86. The highest BCUT2D eigenvalue weighted by Crippen LogP contribution is 2.24. The Kier molecular flexibility index (Phi) is 9.78. The third kappa shape index (κ3) is 7.36. The number of benzene rings is 2. The summed E-state index contributed by atoms with van der Waals surface area (Å²) in [6.07, 6.45) is 1.23. The quantitative estimate of drug-likeness (QED) is 0.381. The molecule has 5 amide bonds. The highest BCUT2D eigenvalue weighted by molar-refractivity contribution is 6.01. The number of ether oxygens (including phenoxy) is 1. The van der Waals surface area contributed by atoms with Crippen molar-refractivity contribution >= 4 is 29.5 Å². The number of carbonyl (C=O) groups is 5. The lowest BCUT2D eigenvalue weighted by Gasteiger charge is -2.31. The normalized spacial score (nSPS) is 23.5. The molecule has 4 N–H and O–H groups in total. The molecule has 4 atom stereocenters. The molecule has 12 nitrogen and oxygen atoms in total. The summed E-state index contributed by atoms with van der Waals surface area (Å²) >= 11 is 0. The molecule has 0 saturated carbocycles. The van der Waals surface area contributed by atoms with Gasteiger partial charge < -0.3 is 35.6 Å². The van der Waals surface area contributed by atoms with Crippen LogP contribution in [0.15, 0.2) is 48.5 Å². The number of nitrogens with one attached hydrogen (secondary N) is 3. The number of fused-ring (bicyclic) bond motifs is 2. The molecule has 0 spiro atoms. The Hall–Kier alpha value is -4.45. The minimum atomic E-state index is -1.27. The summed E-state index contributed by atoms with van der Waals surface area (Å²) in [6, 6.07) is 11.4. The van der Waals surface area contributed by atoms with Crippen LogP contribution in [-0.4, -0.2) is 88.4 Å². The van der Waals surface area contributed by atoms with E-state index >= 15 is 0 Å². The van der Waals surface area contributed by atoms with Gasteiger partial charge in [0.25, 0.3) is 5.91 Å². The van der Waals surface area contributed by atoms with Gasteiger partial charge in [-0.3, -0.25) is 24.0 Å². The highest BCUT2D eigenvalue weighted by atomic mass is 16.5. The molecule has 2 fully saturated rings. The Labute approximate surface area is 256 Å². The average Bonchev–Trinajstić information content (AvgIpc) is 3.65. The molecule has 3 aliphatic rings. The molecule has 234 valence electrons. The molecular weight excluding hydrogens is 566 g/mol. The van der Waals surface area contributed by atoms with Crippen molar-refractivity contribution in [3.05, 3.63) is 65.2 Å². The van der Waals surface area contributed by atoms with Crippen LogP contribution >= 0.6 is 0 Å². The number of hydrogen-bond acceptors (Lipinski definition) is 7. The number of aliphatic hydroxyl groups excluding tert-OH is 1. The van der Waals surface area contributed by atoms with Gasteiger partial charge in [0, 0.05) is 32.6 Å².